The lowest BCUT2D eigenvalue weighted by Crippen LogP contribution is -2.50. The smallest absolute Gasteiger partial charge is 0.405 e. The van der Waals surface area contributed by atoms with E-state index in [0.29, 0.717) is 17.3 Å². The monoisotopic (exact) mass is 513 g/mol. The van der Waals surface area contributed by atoms with Crippen LogP contribution in [0.4, 0.5) is 4.79 Å². The Morgan fingerprint density at radius 3 is 2.36 bits per heavy atom. The first-order valence-electron chi connectivity index (χ1n) is 12.7. The Balaban J connectivity index is 1.38. The number of fused-ring (bicyclic) bond motifs is 3. The second-order valence-corrected chi connectivity index (χ2v) is 9.73. The Kier molecular flexibility index (Phi) is 5.29. The molecule has 1 aliphatic rings. The first-order chi connectivity index (χ1) is 19.1. The van der Waals surface area contributed by atoms with Crippen LogP contribution in [-0.2, 0) is 5.54 Å². The molecule has 0 saturated heterocycles. The molecule has 190 valence electrons. The molecule has 0 aliphatic heterocycles. The summed E-state index contributed by atoms with van der Waals surface area (Å²) >= 11 is 0. The average molecular weight is 514 g/mol. The number of nitrogens with one attached hydrogen (secondary N) is 1. The molecule has 0 atom stereocenters. The van der Waals surface area contributed by atoms with Gasteiger partial charge < -0.3 is 10.4 Å². The average Bonchev–Trinajstić information content (AvgIpc) is 3.40. The van der Waals surface area contributed by atoms with Gasteiger partial charge in [0.05, 0.1) is 16.7 Å². The SMILES string of the molecule is O=C(O)NC1(c2ccc(-c3nc4ccn5c(-c6ncccn6)nnc5c4cc3-c3ccccc3)cc2)CCC1. The van der Waals surface area contributed by atoms with Crippen LogP contribution >= 0.6 is 0 Å². The van der Waals surface area contributed by atoms with Gasteiger partial charge in [-0.15, -0.1) is 10.2 Å². The van der Waals surface area contributed by atoms with Gasteiger partial charge in [-0.1, -0.05) is 54.6 Å². The van der Waals surface area contributed by atoms with Crippen molar-refractivity contribution in [3.05, 3.63) is 97.0 Å². The van der Waals surface area contributed by atoms with Crippen molar-refractivity contribution in [1.82, 2.24) is 34.9 Å². The molecule has 2 N–H and O–H groups in total. The summed E-state index contributed by atoms with van der Waals surface area (Å²) < 4.78 is 1.89. The third kappa shape index (κ3) is 3.86. The second kappa shape index (κ2) is 8.98. The second-order valence-electron chi connectivity index (χ2n) is 9.73. The number of hydrogen-bond donors (Lipinski definition) is 2. The van der Waals surface area contributed by atoms with Crippen molar-refractivity contribution in [2.24, 2.45) is 0 Å². The van der Waals surface area contributed by atoms with Crippen LogP contribution in [0.1, 0.15) is 24.8 Å². The maximum absolute atomic E-state index is 11.4. The van der Waals surface area contributed by atoms with Crippen molar-refractivity contribution >= 4 is 22.6 Å². The fraction of sp³-hybridized carbons (Fsp3) is 0.133. The standard InChI is InChI=1S/C30H23N7O2/c38-29(39)34-30(13-4-14-30)21-10-8-20(9-11-21)25-22(19-6-2-1-3-7-19)18-23-24(33-25)12-17-37-27(23)35-36-28(37)26-31-15-5-16-32-26/h1-3,5-12,15-18,34H,4,13-14H2,(H,38,39). The predicted molar refractivity (Wildman–Crippen MR) is 147 cm³/mol. The molecule has 1 amide bonds. The van der Waals surface area contributed by atoms with E-state index < -0.39 is 11.6 Å². The van der Waals surface area contributed by atoms with Crippen LogP contribution in [0.25, 0.3) is 50.6 Å². The van der Waals surface area contributed by atoms with Gasteiger partial charge in [0.15, 0.2) is 11.5 Å². The molecule has 7 rings (SSSR count). The summed E-state index contributed by atoms with van der Waals surface area (Å²) in [6.45, 7) is 0. The molecule has 1 fully saturated rings. The van der Waals surface area contributed by atoms with E-state index in [-0.39, 0.29) is 0 Å². The molecule has 4 heterocycles. The molecule has 0 spiro atoms. The van der Waals surface area contributed by atoms with Gasteiger partial charge in [0.2, 0.25) is 5.82 Å². The number of benzene rings is 2. The number of nitrogens with zero attached hydrogens (tertiary/aromatic N) is 6. The molecule has 2 aromatic carbocycles. The lowest BCUT2D eigenvalue weighted by atomic mass is 9.71. The quantitative estimate of drug-likeness (QED) is 0.303. The fourth-order valence-corrected chi connectivity index (χ4v) is 5.39. The van der Waals surface area contributed by atoms with E-state index in [0.717, 1.165) is 58.1 Å². The van der Waals surface area contributed by atoms with E-state index >= 15 is 0 Å². The van der Waals surface area contributed by atoms with Crippen LogP contribution in [-0.4, -0.2) is 40.7 Å². The molecule has 39 heavy (non-hydrogen) atoms. The van der Waals surface area contributed by atoms with Crippen molar-refractivity contribution in [3.63, 3.8) is 0 Å². The van der Waals surface area contributed by atoms with E-state index in [1.165, 1.54) is 0 Å². The van der Waals surface area contributed by atoms with Crippen molar-refractivity contribution in [3.8, 4) is 34.0 Å². The first-order valence-corrected chi connectivity index (χ1v) is 12.7. The molecule has 9 nitrogen and oxygen atoms in total. The third-order valence-electron chi connectivity index (χ3n) is 7.49. The Bertz CT molecular complexity index is 1830. The molecular weight excluding hydrogens is 490 g/mol. The van der Waals surface area contributed by atoms with Crippen LogP contribution in [0.2, 0.25) is 0 Å². The molecule has 1 saturated carbocycles. The van der Waals surface area contributed by atoms with Gasteiger partial charge in [0.1, 0.15) is 0 Å². The van der Waals surface area contributed by atoms with Crippen molar-refractivity contribution in [2.45, 2.75) is 24.8 Å². The Morgan fingerprint density at radius 2 is 1.67 bits per heavy atom. The first kappa shape index (κ1) is 23.0. The van der Waals surface area contributed by atoms with Crippen LogP contribution < -0.4 is 5.32 Å². The van der Waals surface area contributed by atoms with Gasteiger partial charge in [-0.05, 0) is 48.6 Å². The minimum absolute atomic E-state index is 0.499. The Morgan fingerprint density at radius 1 is 0.897 bits per heavy atom. The number of rotatable bonds is 5. The molecule has 0 bridgehead atoms. The number of carbonyl (C=O) groups is 1. The largest absolute Gasteiger partial charge is 0.465 e. The molecule has 0 radical (unpaired) electrons. The lowest BCUT2D eigenvalue weighted by molar-refractivity contribution is 0.144. The van der Waals surface area contributed by atoms with Crippen molar-refractivity contribution < 1.29 is 9.90 Å². The van der Waals surface area contributed by atoms with Crippen molar-refractivity contribution in [2.75, 3.05) is 0 Å². The molecular formula is C30H23N7O2. The molecule has 9 heteroatoms. The van der Waals surface area contributed by atoms with Gasteiger partial charge in [0, 0.05) is 35.1 Å². The predicted octanol–water partition coefficient (Wildman–Crippen LogP) is 5.72. The normalized spacial score (nSPS) is 14.3. The van der Waals surface area contributed by atoms with E-state index in [2.05, 4.69) is 43.7 Å². The highest BCUT2D eigenvalue weighted by Crippen LogP contribution is 2.42. The lowest BCUT2D eigenvalue weighted by Gasteiger charge is -2.42. The van der Waals surface area contributed by atoms with Crippen LogP contribution in [0.15, 0.2) is 91.4 Å². The number of pyridine rings is 2. The zero-order chi connectivity index (χ0) is 26.4. The van der Waals surface area contributed by atoms with Crippen molar-refractivity contribution in [1.29, 1.82) is 0 Å². The van der Waals surface area contributed by atoms with Gasteiger partial charge in [-0.3, -0.25) is 4.40 Å². The van der Waals surface area contributed by atoms with Gasteiger partial charge >= 0.3 is 6.09 Å². The van der Waals surface area contributed by atoms with E-state index in [9.17, 15) is 9.90 Å². The van der Waals surface area contributed by atoms with Gasteiger partial charge in [-0.2, -0.15) is 0 Å². The zero-order valence-corrected chi connectivity index (χ0v) is 20.8. The summed E-state index contributed by atoms with van der Waals surface area (Å²) in [6, 6.07) is 24.0. The topological polar surface area (TPSA) is 118 Å². The molecule has 4 aromatic heterocycles. The van der Waals surface area contributed by atoms with Crippen LogP contribution in [0, 0.1) is 0 Å². The van der Waals surface area contributed by atoms with E-state index in [1.807, 2.05) is 59.1 Å². The molecule has 0 unspecified atom stereocenters. The maximum Gasteiger partial charge on any atom is 0.405 e. The van der Waals surface area contributed by atoms with E-state index in [1.54, 1.807) is 18.5 Å². The number of hydrogen-bond acceptors (Lipinski definition) is 6. The summed E-state index contributed by atoms with van der Waals surface area (Å²) in [5, 5.41) is 21.8. The summed E-state index contributed by atoms with van der Waals surface area (Å²) in [5.74, 6) is 1.06. The molecule has 1 aliphatic carbocycles. The maximum atomic E-state index is 11.4. The van der Waals surface area contributed by atoms with E-state index in [4.69, 9.17) is 4.98 Å². The summed E-state index contributed by atoms with van der Waals surface area (Å²) in [6.07, 6.45) is 6.86. The fourth-order valence-electron chi connectivity index (χ4n) is 5.39. The highest BCUT2D eigenvalue weighted by atomic mass is 16.4. The highest BCUT2D eigenvalue weighted by Gasteiger charge is 2.40. The third-order valence-corrected chi connectivity index (χ3v) is 7.49. The summed E-state index contributed by atoms with van der Waals surface area (Å²) in [5.41, 5.74) is 5.71. The van der Waals surface area contributed by atoms with Gasteiger partial charge in [-0.25, -0.2) is 19.7 Å². The minimum atomic E-state index is -0.997. The zero-order valence-electron chi connectivity index (χ0n) is 20.8. The number of carboxylic acid groups (broad SMARTS) is 1. The Hall–Kier alpha value is -5.18. The minimum Gasteiger partial charge on any atom is -0.465 e. The number of amides is 1. The highest BCUT2D eigenvalue weighted by molar-refractivity contribution is 5.98. The number of aromatic nitrogens is 6. The van der Waals surface area contributed by atoms with Gasteiger partial charge in [0.25, 0.3) is 0 Å². The summed E-state index contributed by atoms with van der Waals surface area (Å²) in [4.78, 5) is 25.2. The summed E-state index contributed by atoms with van der Waals surface area (Å²) in [7, 11) is 0. The van der Waals surface area contributed by atoms with Crippen LogP contribution in [0.3, 0.4) is 0 Å². The Labute approximate surface area is 223 Å². The van der Waals surface area contributed by atoms with Crippen LogP contribution in [0.5, 0.6) is 0 Å². The molecule has 6 aromatic rings.